The smallest absolute Gasteiger partial charge is 0.407 e. The summed E-state index contributed by atoms with van der Waals surface area (Å²) in [5, 5.41) is 2.21. The fraction of sp³-hybridized carbons (Fsp3) is 0.423. The van der Waals surface area contributed by atoms with Crippen LogP contribution < -0.4 is 5.32 Å². The first-order valence-corrected chi connectivity index (χ1v) is 13.0. The summed E-state index contributed by atoms with van der Waals surface area (Å²) in [6, 6.07) is 17.1. The number of β-lactam (4-membered cyclic amide) rings is 1. The molecule has 2 heterocycles. The Morgan fingerprint density at radius 3 is 2.23 bits per heavy atom. The van der Waals surface area contributed by atoms with Crippen LogP contribution in [-0.4, -0.2) is 57.6 Å². The average molecular weight is 517 g/mol. The molecule has 0 radical (unpaired) electrons. The Hall–Kier alpha value is -2.71. The van der Waals surface area contributed by atoms with Crippen LogP contribution in [0.1, 0.15) is 38.0 Å². The predicted octanol–water partition coefficient (Wildman–Crippen LogP) is 4.35. The Bertz CT molecular complexity index is 1030. The second-order valence-electron chi connectivity index (χ2n) is 9.38. The van der Waals surface area contributed by atoms with E-state index in [0.717, 1.165) is 11.1 Å². The number of halogens is 1. The Kier molecular flexibility index (Phi) is 7.62. The maximum atomic E-state index is 13.6. The van der Waals surface area contributed by atoms with Gasteiger partial charge in [0, 0.05) is 5.75 Å². The minimum absolute atomic E-state index is 0.177. The molecular formula is C26H29ClN2O5S. The van der Waals surface area contributed by atoms with Gasteiger partial charge in [0.25, 0.3) is 0 Å². The summed E-state index contributed by atoms with van der Waals surface area (Å²) in [6.45, 7) is 5.84. The van der Waals surface area contributed by atoms with Crippen LogP contribution in [0.5, 0.6) is 0 Å². The van der Waals surface area contributed by atoms with E-state index in [-0.39, 0.29) is 18.4 Å². The number of carbonyl (C=O) groups excluding carboxylic acids is 3. The maximum absolute atomic E-state index is 13.6. The lowest BCUT2D eigenvalue weighted by Gasteiger charge is -2.56. The number of amides is 2. The molecule has 2 aromatic rings. The maximum Gasteiger partial charge on any atom is 0.407 e. The summed E-state index contributed by atoms with van der Waals surface area (Å²) in [4.78, 5) is 39.2. The van der Waals surface area contributed by atoms with E-state index in [1.54, 1.807) is 6.92 Å². The zero-order valence-corrected chi connectivity index (χ0v) is 21.4. The van der Waals surface area contributed by atoms with Gasteiger partial charge in [-0.2, -0.15) is 0 Å². The number of alkyl halides is 1. The second-order valence-corrected chi connectivity index (χ2v) is 11.3. The molecule has 2 fully saturated rings. The van der Waals surface area contributed by atoms with E-state index in [1.807, 2.05) is 74.5 Å². The van der Waals surface area contributed by atoms with Crippen molar-refractivity contribution in [3.8, 4) is 0 Å². The molecule has 1 N–H and O–H groups in total. The number of benzene rings is 2. The van der Waals surface area contributed by atoms with Crippen LogP contribution in [0, 0.1) is 5.92 Å². The van der Waals surface area contributed by atoms with Gasteiger partial charge in [0.2, 0.25) is 5.91 Å². The lowest BCUT2D eigenvalue weighted by molar-refractivity contribution is -0.168. The van der Waals surface area contributed by atoms with Crippen LogP contribution in [0.4, 0.5) is 4.79 Å². The van der Waals surface area contributed by atoms with E-state index in [1.165, 1.54) is 16.7 Å². The molecule has 0 spiro atoms. The molecule has 2 saturated heterocycles. The van der Waals surface area contributed by atoms with Crippen LogP contribution in [0.15, 0.2) is 60.7 Å². The van der Waals surface area contributed by atoms with Gasteiger partial charge in [-0.15, -0.1) is 23.4 Å². The molecule has 4 rings (SSSR count). The number of hydrogen-bond donors (Lipinski definition) is 1. The lowest BCUT2D eigenvalue weighted by Crippen LogP contribution is -2.78. The van der Waals surface area contributed by atoms with Gasteiger partial charge >= 0.3 is 12.1 Å². The van der Waals surface area contributed by atoms with E-state index in [2.05, 4.69) is 5.32 Å². The fourth-order valence-electron chi connectivity index (χ4n) is 4.22. The highest BCUT2D eigenvalue weighted by Gasteiger charge is 2.61. The van der Waals surface area contributed by atoms with Crippen molar-refractivity contribution in [2.75, 3.05) is 12.4 Å². The van der Waals surface area contributed by atoms with Crippen molar-refractivity contribution in [3.05, 3.63) is 71.8 Å². The number of thioether (sulfide) groups is 1. The first-order valence-electron chi connectivity index (χ1n) is 11.6. The van der Waals surface area contributed by atoms with Crippen molar-refractivity contribution in [2.24, 2.45) is 5.92 Å². The highest BCUT2D eigenvalue weighted by atomic mass is 35.5. The van der Waals surface area contributed by atoms with Crippen LogP contribution in [0.3, 0.4) is 0 Å². The number of carbonyl (C=O) groups is 3. The van der Waals surface area contributed by atoms with E-state index in [4.69, 9.17) is 21.1 Å². The third kappa shape index (κ3) is 5.43. The molecule has 4 atom stereocenters. The number of ether oxygens (including phenoxy) is 2. The Labute approximate surface area is 214 Å². The Morgan fingerprint density at radius 1 is 1.11 bits per heavy atom. The van der Waals surface area contributed by atoms with Gasteiger partial charge in [0.15, 0.2) is 12.1 Å². The van der Waals surface area contributed by atoms with Crippen molar-refractivity contribution < 1.29 is 23.9 Å². The van der Waals surface area contributed by atoms with Gasteiger partial charge < -0.3 is 19.7 Å². The zero-order valence-electron chi connectivity index (χ0n) is 19.8. The number of hydrogen-bond acceptors (Lipinski definition) is 6. The van der Waals surface area contributed by atoms with E-state index < -0.39 is 40.5 Å². The molecule has 0 bridgehead atoms. The third-order valence-corrected chi connectivity index (χ3v) is 8.05. The predicted molar refractivity (Wildman–Crippen MR) is 135 cm³/mol. The van der Waals surface area contributed by atoms with Crippen molar-refractivity contribution in [1.29, 1.82) is 0 Å². The number of nitrogens with zero attached hydrogens (tertiary/aromatic N) is 1. The summed E-state index contributed by atoms with van der Waals surface area (Å²) < 4.78 is 11.2. The molecule has 9 heteroatoms. The number of rotatable bonds is 7. The number of esters is 1. The highest BCUT2D eigenvalue weighted by Crippen LogP contribution is 2.46. The van der Waals surface area contributed by atoms with Gasteiger partial charge in [0.05, 0.1) is 11.5 Å². The van der Waals surface area contributed by atoms with Crippen molar-refractivity contribution in [1.82, 2.24) is 10.2 Å². The number of nitrogens with one attached hydrogen (secondary N) is 1. The first-order chi connectivity index (χ1) is 16.7. The molecule has 7 nitrogen and oxygen atoms in total. The number of fused-ring (bicyclic) bond motifs is 1. The van der Waals surface area contributed by atoms with E-state index in [9.17, 15) is 14.4 Å². The number of alkyl carbamates (subject to hydrolysis) is 1. The summed E-state index contributed by atoms with van der Waals surface area (Å²) >= 11 is 8.20. The third-order valence-electron chi connectivity index (χ3n) is 5.95. The van der Waals surface area contributed by atoms with E-state index >= 15 is 0 Å². The van der Waals surface area contributed by atoms with Gasteiger partial charge in [-0.1, -0.05) is 74.5 Å². The highest BCUT2D eigenvalue weighted by molar-refractivity contribution is 8.00. The summed E-state index contributed by atoms with van der Waals surface area (Å²) in [5.41, 5.74) is 1.62. The topological polar surface area (TPSA) is 84.9 Å². The Balaban J connectivity index is 1.53. The SMILES string of the molecule is CC(C)COC(=O)N[C@@H]1C(=O)N2[C@@H](C(=O)OC(c3ccccc3)c3ccccc3)[C@](C)(Cl)CS[C@@H]12. The summed E-state index contributed by atoms with van der Waals surface area (Å²) in [5.74, 6) is -0.381. The quantitative estimate of drug-likeness (QED) is 0.334. The molecule has 0 aliphatic carbocycles. The molecule has 0 saturated carbocycles. The largest absolute Gasteiger partial charge is 0.451 e. The minimum atomic E-state index is -1.03. The standard InChI is InChI=1S/C26H29ClN2O5S/c1-16(2)14-33-25(32)28-19-22(30)29-21(26(3,27)15-35-23(19)29)24(31)34-20(17-10-6-4-7-11-17)18-12-8-5-9-13-18/h4-13,16,19-21,23H,14-15H2,1-3H3,(H,28,32)/t19-,21+,23+,26-/m1/s1. The van der Waals surface area contributed by atoms with Gasteiger partial charge in [-0.3, -0.25) is 4.79 Å². The molecule has 2 aromatic carbocycles. The summed E-state index contributed by atoms with van der Waals surface area (Å²) in [6.07, 6.45) is -1.30. The molecule has 2 aliphatic rings. The van der Waals surface area contributed by atoms with Crippen molar-refractivity contribution >= 4 is 41.3 Å². The van der Waals surface area contributed by atoms with Crippen LogP contribution in [-0.2, 0) is 19.1 Å². The lowest BCUT2D eigenvalue weighted by atomic mass is 9.93. The minimum Gasteiger partial charge on any atom is -0.451 e. The summed E-state index contributed by atoms with van der Waals surface area (Å²) in [7, 11) is 0. The van der Waals surface area contributed by atoms with Crippen LogP contribution in [0.25, 0.3) is 0 Å². The van der Waals surface area contributed by atoms with Crippen LogP contribution in [0.2, 0.25) is 0 Å². The molecular weight excluding hydrogens is 488 g/mol. The average Bonchev–Trinajstić information content (AvgIpc) is 2.85. The first kappa shape index (κ1) is 25.4. The van der Waals surface area contributed by atoms with Gasteiger partial charge in [0.1, 0.15) is 11.4 Å². The molecule has 35 heavy (non-hydrogen) atoms. The molecule has 2 amide bonds. The van der Waals surface area contributed by atoms with Crippen LogP contribution >= 0.6 is 23.4 Å². The molecule has 0 aromatic heterocycles. The molecule has 0 unspecified atom stereocenters. The van der Waals surface area contributed by atoms with Crippen molar-refractivity contribution in [3.63, 3.8) is 0 Å². The molecule has 2 aliphatic heterocycles. The monoisotopic (exact) mass is 516 g/mol. The van der Waals surface area contributed by atoms with E-state index in [0.29, 0.717) is 5.75 Å². The van der Waals surface area contributed by atoms with Crippen molar-refractivity contribution in [2.45, 2.75) is 49.2 Å². The van der Waals surface area contributed by atoms with Gasteiger partial charge in [-0.05, 0) is 24.0 Å². The normalized spacial score (nSPS) is 25.6. The zero-order chi connectivity index (χ0) is 25.2. The second kappa shape index (κ2) is 10.5. The molecule has 186 valence electrons. The Morgan fingerprint density at radius 2 is 1.69 bits per heavy atom. The van der Waals surface area contributed by atoms with Gasteiger partial charge in [-0.25, -0.2) is 9.59 Å². The fourth-order valence-corrected chi connectivity index (χ4v) is 6.02.